The number of allylic oxidation sites excluding steroid dienone is 3. The van der Waals surface area contributed by atoms with Crippen LogP contribution in [-0.4, -0.2) is 31.7 Å². The Morgan fingerprint density at radius 2 is 1.94 bits per heavy atom. The van der Waals surface area contributed by atoms with E-state index in [2.05, 4.69) is 51.7 Å². The average molecular weight is 239 g/mol. The fourth-order valence-corrected chi connectivity index (χ4v) is 2.05. The van der Waals surface area contributed by atoms with E-state index < -0.39 is 0 Å². The van der Waals surface area contributed by atoms with E-state index in [-0.39, 0.29) is 0 Å². The third-order valence-corrected chi connectivity index (χ3v) is 2.91. The molecule has 0 aromatic carbocycles. The Morgan fingerprint density at radius 3 is 2.29 bits per heavy atom. The van der Waals surface area contributed by atoms with E-state index in [4.69, 9.17) is 4.74 Å². The van der Waals surface area contributed by atoms with Crippen molar-refractivity contribution in [1.29, 1.82) is 0 Å². The molecule has 0 rings (SSSR count). The van der Waals surface area contributed by atoms with Gasteiger partial charge in [0.25, 0.3) is 0 Å². The maximum absolute atomic E-state index is 5.19. The van der Waals surface area contributed by atoms with Gasteiger partial charge in [-0.05, 0) is 31.8 Å². The predicted octanol–water partition coefficient (Wildman–Crippen LogP) is 3.85. The van der Waals surface area contributed by atoms with Crippen molar-refractivity contribution in [2.24, 2.45) is 5.92 Å². The van der Waals surface area contributed by atoms with Crippen molar-refractivity contribution in [1.82, 2.24) is 4.90 Å². The molecule has 0 saturated heterocycles. The second-order valence-electron chi connectivity index (χ2n) is 4.47. The summed E-state index contributed by atoms with van der Waals surface area (Å²) >= 11 is 0. The van der Waals surface area contributed by atoms with Gasteiger partial charge in [0.1, 0.15) is 0 Å². The van der Waals surface area contributed by atoms with Gasteiger partial charge < -0.3 is 9.64 Å². The summed E-state index contributed by atoms with van der Waals surface area (Å²) in [6, 6.07) is 0. The van der Waals surface area contributed by atoms with Gasteiger partial charge in [0, 0.05) is 25.9 Å². The quantitative estimate of drug-likeness (QED) is 0.597. The van der Waals surface area contributed by atoms with Gasteiger partial charge in [0.05, 0.1) is 6.61 Å². The van der Waals surface area contributed by atoms with Crippen LogP contribution in [-0.2, 0) is 4.74 Å². The predicted molar refractivity (Wildman–Crippen MR) is 76.1 cm³/mol. The van der Waals surface area contributed by atoms with Crippen LogP contribution in [0.1, 0.15) is 41.0 Å². The lowest BCUT2D eigenvalue weighted by molar-refractivity contribution is 0.166. The van der Waals surface area contributed by atoms with Gasteiger partial charge in [-0.25, -0.2) is 0 Å². The molecule has 0 amide bonds. The van der Waals surface area contributed by atoms with E-state index in [9.17, 15) is 0 Å². The molecule has 2 nitrogen and oxygen atoms in total. The van der Waals surface area contributed by atoms with Crippen molar-refractivity contribution in [3.05, 3.63) is 23.4 Å². The maximum atomic E-state index is 5.19. The van der Waals surface area contributed by atoms with Gasteiger partial charge in [0.2, 0.25) is 0 Å². The zero-order valence-electron chi connectivity index (χ0n) is 12.4. The van der Waals surface area contributed by atoms with Crippen LogP contribution in [0.15, 0.2) is 23.4 Å². The first-order valence-corrected chi connectivity index (χ1v) is 6.72. The summed E-state index contributed by atoms with van der Waals surface area (Å²) in [6.45, 7) is 13.8. The topological polar surface area (TPSA) is 12.5 Å². The highest BCUT2D eigenvalue weighted by molar-refractivity contribution is 5.31. The van der Waals surface area contributed by atoms with Gasteiger partial charge in [-0.15, -0.1) is 0 Å². The van der Waals surface area contributed by atoms with Crippen molar-refractivity contribution < 1.29 is 4.74 Å². The highest BCUT2D eigenvalue weighted by atomic mass is 16.5. The number of rotatable bonds is 8. The maximum Gasteiger partial charge on any atom is 0.0637 e. The van der Waals surface area contributed by atoms with Crippen molar-refractivity contribution in [2.45, 2.75) is 41.0 Å². The van der Waals surface area contributed by atoms with E-state index in [1.54, 1.807) is 7.11 Å². The summed E-state index contributed by atoms with van der Waals surface area (Å²) in [7, 11) is 1.76. The lowest BCUT2D eigenvalue weighted by Crippen LogP contribution is -2.28. The van der Waals surface area contributed by atoms with E-state index in [1.807, 2.05) is 0 Å². The summed E-state index contributed by atoms with van der Waals surface area (Å²) in [5.41, 5.74) is 2.81. The first kappa shape index (κ1) is 16.2. The van der Waals surface area contributed by atoms with E-state index in [0.29, 0.717) is 5.92 Å². The van der Waals surface area contributed by atoms with Crippen LogP contribution in [0.3, 0.4) is 0 Å². The highest BCUT2D eigenvalue weighted by Crippen LogP contribution is 2.23. The molecule has 0 heterocycles. The molecule has 0 spiro atoms. The number of hydrogen-bond acceptors (Lipinski definition) is 2. The Morgan fingerprint density at radius 1 is 1.29 bits per heavy atom. The summed E-state index contributed by atoms with van der Waals surface area (Å²) in [5, 5.41) is 0. The van der Waals surface area contributed by atoms with E-state index >= 15 is 0 Å². The Hall–Kier alpha value is -0.760. The molecule has 0 aliphatic carbocycles. The summed E-state index contributed by atoms with van der Waals surface area (Å²) in [4.78, 5) is 2.41. The number of hydrogen-bond donors (Lipinski definition) is 0. The molecule has 100 valence electrons. The van der Waals surface area contributed by atoms with Gasteiger partial charge >= 0.3 is 0 Å². The van der Waals surface area contributed by atoms with Crippen LogP contribution in [0.25, 0.3) is 0 Å². The molecule has 0 radical (unpaired) electrons. The first-order valence-electron chi connectivity index (χ1n) is 6.72. The molecule has 17 heavy (non-hydrogen) atoms. The second-order valence-corrected chi connectivity index (χ2v) is 4.47. The lowest BCUT2D eigenvalue weighted by atomic mass is 9.98. The summed E-state index contributed by atoms with van der Waals surface area (Å²) in [6.07, 6.45) is 5.64. The standard InChI is InChI=1S/C15H29NO/c1-7-10-15(14(8-2)13(4)5)16(9-3)11-12-17-6/h8,10,13H,7,9,11-12H2,1-6H3/b14-8+,15-10+. The largest absolute Gasteiger partial charge is 0.383 e. The minimum Gasteiger partial charge on any atom is -0.383 e. The SMILES string of the molecule is C/C=C(/C(=C\CC)N(CC)CCOC)C(C)C. The smallest absolute Gasteiger partial charge is 0.0637 e. The molecule has 0 aliphatic heterocycles. The van der Waals surface area contributed by atoms with Crippen LogP contribution in [0.2, 0.25) is 0 Å². The molecule has 0 aromatic heterocycles. The molecule has 2 heteroatoms. The molecule has 0 unspecified atom stereocenters. The fraction of sp³-hybridized carbons (Fsp3) is 0.733. The molecule has 0 atom stereocenters. The summed E-state index contributed by atoms with van der Waals surface area (Å²) in [5.74, 6) is 0.564. The molecule has 0 aliphatic rings. The van der Waals surface area contributed by atoms with Crippen LogP contribution in [0.4, 0.5) is 0 Å². The molecular weight excluding hydrogens is 210 g/mol. The van der Waals surface area contributed by atoms with Crippen LogP contribution < -0.4 is 0 Å². The van der Waals surface area contributed by atoms with Gasteiger partial charge in [-0.2, -0.15) is 0 Å². The van der Waals surface area contributed by atoms with Gasteiger partial charge in [-0.3, -0.25) is 0 Å². The minimum atomic E-state index is 0.564. The molecule has 0 fully saturated rings. The second kappa shape index (κ2) is 9.29. The zero-order chi connectivity index (χ0) is 13.3. The molecule has 0 bridgehead atoms. The monoisotopic (exact) mass is 239 g/mol. The average Bonchev–Trinajstić information content (AvgIpc) is 2.30. The van der Waals surface area contributed by atoms with Crippen LogP contribution in [0, 0.1) is 5.92 Å². The Bertz CT molecular complexity index is 254. The number of ether oxygens (including phenoxy) is 1. The Kier molecular flexibility index (Phi) is 8.87. The lowest BCUT2D eigenvalue weighted by Gasteiger charge is -2.29. The number of likely N-dealkylation sites (N-methyl/N-ethyl adjacent to an activating group) is 1. The van der Waals surface area contributed by atoms with E-state index in [0.717, 1.165) is 26.1 Å². The normalized spacial score (nSPS) is 13.4. The molecular formula is C15H29NO. The third kappa shape index (κ3) is 5.40. The first-order chi connectivity index (χ1) is 8.12. The molecule has 0 aromatic rings. The third-order valence-electron chi connectivity index (χ3n) is 2.91. The molecule has 0 N–H and O–H groups in total. The van der Waals surface area contributed by atoms with Crippen molar-refractivity contribution >= 4 is 0 Å². The highest BCUT2D eigenvalue weighted by Gasteiger charge is 2.14. The minimum absolute atomic E-state index is 0.564. The van der Waals surface area contributed by atoms with Gasteiger partial charge in [-0.1, -0.05) is 32.9 Å². The zero-order valence-corrected chi connectivity index (χ0v) is 12.4. The van der Waals surface area contributed by atoms with Crippen LogP contribution in [0.5, 0.6) is 0 Å². The van der Waals surface area contributed by atoms with E-state index in [1.165, 1.54) is 11.3 Å². The fourth-order valence-electron chi connectivity index (χ4n) is 2.05. The van der Waals surface area contributed by atoms with Crippen molar-refractivity contribution in [2.75, 3.05) is 26.8 Å². The Labute approximate surface area is 107 Å². The van der Waals surface area contributed by atoms with Crippen molar-refractivity contribution in [3.8, 4) is 0 Å². The number of nitrogens with zero attached hydrogens (tertiary/aromatic N) is 1. The Balaban J connectivity index is 4.99. The van der Waals surface area contributed by atoms with Crippen molar-refractivity contribution in [3.63, 3.8) is 0 Å². The summed E-state index contributed by atoms with van der Waals surface area (Å²) < 4.78 is 5.19. The molecule has 0 saturated carbocycles. The van der Waals surface area contributed by atoms with Gasteiger partial charge in [0.15, 0.2) is 0 Å². The van der Waals surface area contributed by atoms with Crippen LogP contribution >= 0.6 is 0 Å². The number of methoxy groups -OCH3 is 1.